The number of allylic oxidation sites excluding steroid dienone is 1. The Hall–Kier alpha value is -1.80. The van der Waals surface area contributed by atoms with Gasteiger partial charge in [-0.1, -0.05) is 37.6 Å². The number of rotatable bonds is 6. The lowest BCUT2D eigenvalue weighted by molar-refractivity contribution is -0.153. The van der Waals surface area contributed by atoms with Crippen LogP contribution in [0.15, 0.2) is 24.3 Å². The highest BCUT2D eigenvalue weighted by molar-refractivity contribution is 8.02. The molecule has 2 saturated heterocycles. The number of amides is 2. The van der Waals surface area contributed by atoms with Crippen molar-refractivity contribution in [1.82, 2.24) is 9.80 Å². The van der Waals surface area contributed by atoms with Gasteiger partial charge in [-0.25, -0.2) is 0 Å². The largest absolute Gasteiger partial charge is 0.465 e. The number of nitrogens with zero attached hydrogens (tertiary/aromatic N) is 2. The maximum Gasteiger partial charge on any atom is 0.311 e. The third-order valence-electron chi connectivity index (χ3n) is 7.18. The van der Waals surface area contributed by atoms with Crippen molar-refractivity contribution in [2.75, 3.05) is 26.3 Å². The number of carbonyl (C=O) groups is 3. The zero-order chi connectivity index (χ0) is 22.9. The summed E-state index contributed by atoms with van der Waals surface area (Å²) in [6.45, 7) is 5.25. The van der Waals surface area contributed by atoms with Gasteiger partial charge in [-0.3, -0.25) is 14.4 Å². The van der Waals surface area contributed by atoms with Gasteiger partial charge in [0.05, 0.1) is 23.2 Å². The Morgan fingerprint density at radius 2 is 2.09 bits per heavy atom. The fourth-order valence-corrected chi connectivity index (χ4v) is 7.72. The Kier molecular flexibility index (Phi) is 7.00. The summed E-state index contributed by atoms with van der Waals surface area (Å²) in [5, 5.41) is 9.24. The molecule has 4 aliphatic rings. The molecular formula is C24H34N2O5S. The Morgan fingerprint density at radius 1 is 1.28 bits per heavy atom. The van der Waals surface area contributed by atoms with Crippen molar-refractivity contribution < 1.29 is 24.2 Å². The van der Waals surface area contributed by atoms with Gasteiger partial charge >= 0.3 is 5.97 Å². The molecule has 2 unspecified atom stereocenters. The van der Waals surface area contributed by atoms with Crippen LogP contribution < -0.4 is 0 Å². The van der Waals surface area contributed by atoms with E-state index in [0.717, 1.165) is 25.7 Å². The molecular weight excluding hydrogens is 428 g/mol. The summed E-state index contributed by atoms with van der Waals surface area (Å²) >= 11 is 1.57. The third kappa shape index (κ3) is 3.79. The number of ether oxygens (including phenoxy) is 1. The Bertz CT molecular complexity index is 814. The van der Waals surface area contributed by atoms with Crippen LogP contribution in [-0.2, 0) is 19.1 Å². The number of thioether (sulfide) groups is 1. The van der Waals surface area contributed by atoms with Crippen molar-refractivity contribution in [2.45, 2.75) is 68.0 Å². The summed E-state index contributed by atoms with van der Waals surface area (Å²) in [5.41, 5.74) is 0. The first-order valence-electron chi connectivity index (χ1n) is 11.9. The van der Waals surface area contributed by atoms with Gasteiger partial charge in [-0.15, -0.1) is 11.8 Å². The smallest absolute Gasteiger partial charge is 0.311 e. The number of fused-ring (bicyclic) bond motifs is 2. The van der Waals surface area contributed by atoms with E-state index in [1.54, 1.807) is 16.7 Å². The molecule has 2 amide bonds. The average molecular weight is 463 g/mol. The Morgan fingerprint density at radius 3 is 2.84 bits per heavy atom. The van der Waals surface area contributed by atoms with Gasteiger partial charge < -0.3 is 19.6 Å². The van der Waals surface area contributed by atoms with Crippen LogP contribution in [0.4, 0.5) is 0 Å². The second-order valence-corrected chi connectivity index (χ2v) is 10.7. The molecule has 1 spiro atoms. The molecule has 8 heteroatoms. The van der Waals surface area contributed by atoms with Crippen LogP contribution in [0.3, 0.4) is 0 Å². The first-order chi connectivity index (χ1) is 15.5. The molecule has 0 aromatic rings. The van der Waals surface area contributed by atoms with Crippen molar-refractivity contribution in [2.24, 2.45) is 11.8 Å². The maximum absolute atomic E-state index is 14.0. The molecule has 4 aliphatic heterocycles. The molecule has 4 rings (SSSR count). The standard InChI is InChI=1S/C24H34N2O5S/c1-3-9-16(2)25-12-7-11-24-19(21(28)26(13-8-14-27)20(24)22(25)29)18-17(32-24)10-5-4-6-15-31-23(18)30/h5,7,10-11,16-20,27H,3-4,6,8-9,12-15H2,1-2H3/b10-5-/t16?,17-,18+,19+,20?,24+/m1/s1. The van der Waals surface area contributed by atoms with E-state index >= 15 is 0 Å². The van der Waals surface area contributed by atoms with E-state index in [1.165, 1.54) is 0 Å². The fourth-order valence-electron chi connectivity index (χ4n) is 5.72. The molecule has 0 radical (unpaired) electrons. The van der Waals surface area contributed by atoms with Gasteiger partial charge in [0.2, 0.25) is 11.8 Å². The van der Waals surface area contributed by atoms with Crippen LogP contribution in [0, 0.1) is 11.8 Å². The minimum Gasteiger partial charge on any atom is -0.465 e. The number of aliphatic hydroxyl groups is 1. The van der Waals surface area contributed by atoms with Crippen molar-refractivity contribution in [3.8, 4) is 0 Å². The summed E-state index contributed by atoms with van der Waals surface area (Å²) in [7, 11) is 0. The molecule has 2 fully saturated rings. The zero-order valence-corrected chi connectivity index (χ0v) is 19.8. The van der Waals surface area contributed by atoms with Gasteiger partial charge in [-0.2, -0.15) is 0 Å². The van der Waals surface area contributed by atoms with Crippen LogP contribution in [-0.4, -0.2) is 81.1 Å². The molecule has 1 N–H and O–H groups in total. The molecule has 0 aliphatic carbocycles. The van der Waals surface area contributed by atoms with Crippen LogP contribution in [0.2, 0.25) is 0 Å². The number of cyclic esters (lactones) is 1. The highest BCUT2D eigenvalue weighted by atomic mass is 32.2. The average Bonchev–Trinajstić information content (AvgIpc) is 3.17. The van der Waals surface area contributed by atoms with E-state index < -0.39 is 22.6 Å². The molecule has 0 saturated carbocycles. The predicted molar refractivity (Wildman–Crippen MR) is 123 cm³/mol. The second kappa shape index (κ2) is 9.59. The topological polar surface area (TPSA) is 87.2 Å². The summed E-state index contributed by atoms with van der Waals surface area (Å²) in [6, 6.07) is -0.610. The lowest BCUT2D eigenvalue weighted by atomic mass is 9.78. The van der Waals surface area contributed by atoms with Crippen LogP contribution >= 0.6 is 11.8 Å². The number of hydrogen-bond acceptors (Lipinski definition) is 6. The predicted octanol–water partition coefficient (Wildman–Crippen LogP) is 2.15. The van der Waals surface area contributed by atoms with E-state index in [2.05, 4.69) is 19.9 Å². The minimum atomic E-state index is -0.803. The number of carbonyl (C=O) groups excluding carboxylic acids is 3. The number of likely N-dealkylation sites (tertiary alicyclic amines) is 1. The zero-order valence-electron chi connectivity index (χ0n) is 18.9. The Labute approximate surface area is 194 Å². The molecule has 0 aromatic heterocycles. The van der Waals surface area contributed by atoms with Gasteiger partial charge in [0.15, 0.2) is 0 Å². The van der Waals surface area contributed by atoms with E-state index in [4.69, 9.17) is 4.74 Å². The summed E-state index contributed by atoms with van der Waals surface area (Å²) in [5.74, 6) is -1.82. The molecule has 176 valence electrons. The molecule has 0 aromatic carbocycles. The third-order valence-corrected chi connectivity index (χ3v) is 8.92. The lowest BCUT2D eigenvalue weighted by Gasteiger charge is -2.37. The second-order valence-electron chi connectivity index (χ2n) is 9.22. The van der Waals surface area contributed by atoms with Crippen molar-refractivity contribution in [1.29, 1.82) is 0 Å². The van der Waals surface area contributed by atoms with Gasteiger partial charge in [0.25, 0.3) is 0 Å². The van der Waals surface area contributed by atoms with Crippen molar-refractivity contribution >= 4 is 29.5 Å². The van der Waals surface area contributed by atoms with Crippen molar-refractivity contribution in [3.05, 3.63) is 24.3 Å². The first kappa shape index (κ1) is 23.4. The SMILES string of the molecule is CCCC(C)N1CC=C[C@]23S[C@@H]4/C=C\CCCOC(=O)[C@@H]4[C@H]2C(=O)N(CCCO)C3C1=O. The fraction of sp³-hybridized carbons (Fsp3) is 0.708. The lowest BCUT2D eigenvalue weighted by Crippen LogP contribution is -2.55. The molecule has 6 atom stereocenters. The summed E-state index contributed by atoms with van der Waals surface area (Å²) in [4.78, 5) is 44.4. The van der Waals surface area contributed by atoms with Gasteiger partial charge in [-0.05, 0) is 32.6 Å². The number of esters is 1. The van der Waals surface area contributed by atoms with E-state index in [-0.39, 0.29) is 35.7 Å². The Balaban J connectivity index is 1.78. The quantitative estimate of drug-likeness (QED) is 0.481. The van der Waals surface area contributed by atoms with E-state index in [0.29, 0.717) is 26.1 Å². The maximum atomic E-state index is 14.0. The van der Waals surface area contributed by atoms with Crippen molar-refractivity contribution in [3.63, 3.8) is 0 Å². The van der Waals surface area contributed by atoms with Gasteiger partial charge in [0, 0.05) is 31.0 Å². The summed E-state index contributed by atoms with van der Waals surface area (Å²) < 4.78 is 4.75. The van der Waals surface area contributed by atoms with Gasteiger partial charge in [0.1, 0.15) is 6.04 Å². The summed E-state index contributed by atoms with van der Waals surface area (Å²) in [6.07, 6.45) is 12.0. The molecule has 0 bridgehead atoms. The minimum absolute atomic E-state index is 0.0546. The van der Waals surface area contributed by atoms with Crippen LogP contribution in [0.5, 0.6) is 0 Å². The van der Waals surface area contributed by atoms with E-state index in [9.17, 15) is 19.5 Å². The monoisotopic (exact) mass is 462 g/mol. The molecule has 4 heterocycles. The van der Waals surface area contributed by atoms with E-state index in [1.807, 2.05) is 23.1 Å². The van der Waals surface area contributed by atoms with Crippen LogP contribution in [0.1, 0.15) is 46.0 Å². The number of aliphatic hydroxyl groups excluding tert-OH is 1. The highest BCUT2D eigenvalue weighted by Crippen LogP contribution is 2.60. The molecule has 7 nitrogen and oxygen atoms in total. The molecule has 32 heavy (non-hydrogen) atoms. The van der Waals surface area contributed by atoms with Crippen LogP contribution in [0.25, 0.3) is 0 Å². The normalized spacial score (nSPS) is 36.4. The highest BCUT2D eigenvalue weighted by Gasteiger charge is 2.70. The number of hydrogen-bond donors (Lipinski definition) is 1. The first-order valence-corrected chi connectivity index (χ1v) is 12.7.